The third-order valence-electron chi connectivity index (χ3n) is 8.33. The molecule has 3 aliphatic rings. The van der Waals surface area contributed by atoms with Crippen molar-refractivity contribution in [2.45, 2.75) is 102 Å². The number of carbonyl (C=O) groups excluding carboxylic acids is 2. The largest absolute Gasteiger partial charge is 0.487 e. The number of para-hydroxylation sites is 1. The molecular weight excluding hydrogens is 456 g/mol. The van der Waals surface area contributed by atoms with Crippen molar-refractivity contribution >= 4 is 17.8 Å². The highest BCUT2D eigenvalue weighted by Crippen LogP contribution is 2.47. The van der Waals surface area contributed by atoms with Gasteiger partial charge in [0.2, 0.25) is 11.8 Å². The number of nitrogens with one attached hydrogen (secondary N) is 1. The number of hydrogen-bond donors (Lipinski definition) is 2. The molecule has 0 saturated heterocycles. The molecule has 1 fully saturated rings. The number of carbonyl (C=O) groups is 2. The number of nitrogens with zero attached hydrogens (tertiary/aromatic N) is 2. The van der Waals surface area contributed by atoms with Gasteiger partial charge in [-0.25, -0.2) is 4.99 Å². The van der Waals surface area contributed by atoms with Gasteiger partial charge in [0.05, 0.1) is 24.1 Å². The molecular formula is C28H42N4O4. The smallest absolute Gasteiger partial charge is 0.231 e. The number of hydrogen-bond acceptors (Lipinski definition) is 6. The highest BCUT2D eigenvalue weighted by molar-refractivity contribution is 5.99. The van der Waals surface area contributed by atoms with E-state index in [2.05, 4.69) is 5.32 Å². The Morgan fingerprint density at radius 1 is 1.31 bits per heavy atom. The van der Waals surface area contributed by atoms with Crippen molar-refractivity contribution in [2.75, 3.05) is 7.11 Å². The standard InChI is InChI=1S/C28H42N4O4/c1-7-28(8-2)16-24(33)32(26(29)31-28)22(13-17(3)35-6)19-14-20(19)25(34)30-21-15-27(4,5)36-23-12-10-9-11-18(21)23/h9-12,17,19-22H,7-8,13-16H2,1-6H3,(H2,29,31)(H,30,34)/t17?,19-,20-,21+,22?/m0/s1. The van der Waals surface area contributed by atoms with Gasteiger partial charge in [-0.1, -0.05) is 32.0 Å². The number of amides is 2. The molecule has 0 bridgehead atoms. The fourth-order valence-electron chi connectivity index (χ4n) is 5.90. The zero-order valence-corrected chi connectivity index (χ0v) is 22.5. The Balaban J connectivity index is 1.53. The first-order valence-corrected chi connectivity index (χ1v) is 13.3. The predicted octanol–water partition coefficient (Wildman–Crippen LogP) is 3.94. The molecule has 1 aromatic rings. The average Bonchev–Trinajstić information content (AvgIpc) is 3.63. The molecule has 8 heteroatoms. The first kappa shape index (κ1) is 26.5. The van der Waals surface area contributed by atoms with Crippen LogP contribution in [0.1, 0.15) is 84.7 Å². The Morgan fingerprint density at radius 2 is 2.00 bits per heavy atom. The summed E-state index contributed by atoms with van der Waals surface area (Å²) in [6.45, 7) is 10.2. The lowest BCUT2D eigenvalue weighted by Gasteiger charge is -2.41. The van der Waals surface area contributed by atoms with Crippen LogP contribution in [-0.2, 0) is 14.3 Å². The molecule has 2 aliphatic heterocycles. The van der Waals surface area contributed by atoms with Gasteiger partial charge in [-0.2, -0.15) is 0 Å². The van der Waals surface area contributed by atoms with E-state index >= 15 is 0 Å². The van der Waals surface area contributed by atoms with Crippen molar-refractivity contribution in [3.05, 3.63) is 29.8 Å². The Labute approximate surface area is 215 Å². The van der Waals surface area contributed by atoms with E-state index in [-0.39, 0.29) is 53.4 Å². The number of rotatable bonds is 9. The van der Waals surface area contributed by atoms with Crippen LogP contribution in [0.3, 0.4) is 0 Å². The van der Waals surface area contributed by atoms with Crippen LogP contribution in [0.25, 0.3) is 0 Å². The molecule has 2 amide bonds. The molecule has 0 aromatic heterocycles. The third kappa shape index (κ3) is 5.24. The molecule has 3 N–H and O–H groups in total. The zero-order chi connectivity index (χ0) is 26.3. The first-order chi connectivity index (χ1) is 17.0. The molecule has 36 heavy (non-hydrogen) atoms. The summed E-state index contributed by atoms with van der Waals surface area (Å²) in [4.78, 5) is 33.3. The Bertz CT molecular complexity index is 1020. The number of ether oxygens (including phenoxy) is 2. The van der Waals surface area contributed by atoms with Gasteiger partial charge in [0.15, 0.2) is 5.96 Å². The van der Waals surface area contributed by atoms with Crippen molar-refractivity contribution in [2.24, 2.45) is 22.6 Å². The van der Waals surface area contributed by atoms with Crippen LogP contribution >= 0.6 is 0 Å². The summed E-state index contributed by atoms with van der Waals surface area (Å²) in [7, 11) is 1.66. The summed E-state index contributed by atoms with van der Waals surface area (Å²) in [5.41, 5.74) is 6.63. The molecule has 5 atom stereocenters. The average molecular weight is 499 g/mol. The second-order valence-corrected chi connectivity index (χ2v) is 11.4. The molecule has 2 unspecified atom stereocenters. The SMILES string of the molecule is CCC1(CC)CC(=O)N(C(CC(C)OC)[C@H]2C[C@@H]2C(=O)N[C@@H]2CC(C)(C)Oc3ccccc32)C(N)=N1. The second kappa shape index (κ2) is 10.0. The Morgan fingerprint density at radius 3 is 2.64 bits per heavy atom. The van der Waals surface area contributed by atoms with Gasteiger partial charge in [0.25, 0.3) is 0 Å². The number of benzene rings is 1. The number of methoxy groups -OCH3 is 1. The van der Waals surface area contributed by atoms with E-state index in [1.807, 2.05) is 58.9 Å². The quantitative estimate of drug-likeness (QED) is 0.536. The van der Waals surface area contributed by atoms with Crippen LogP contribution in [0.5, 0.6) is 5.75 Å². The fourth-order valence-corrected chi connectivity index (χ4v) is 5.90. The lowest BCUT2D eigenvalue weighted by atomic mass is 9.87. The Kier molecular flexibility index (Phi) is 7.37. The minimum Gasteiger partial charge on any atom is -0.487 e. The van der Waals surface area contributed by atoms with Gasteiger partial charge in [-0.05, 0) is 58.4 Å². The van der Waals surface area contributed by atoms with E-state index in [0.29, 0.717) is 25.7 Å². The van der Waals surface area contributed by atoms with Gasteiger partial charge in [-0.3, -0.25) is 14.5 Å². The third-order valence-corrected chi connectivity index (χ3v) is 8.33. The summed E-state index contributed by atoms with van der Waals surface area (Å²) in [6.07, 6.45) is 3.80. The highest BCUT2D eigenvalue weighted by Gasteiger charge is 2.53. The first-order valence-electron chi connectivity index (χ1n) is 13.3. The minimum atomic E-state index is -0.432. The van der Waals surface area contributed by atoms with Crippen molar-refractivity contribution in [1.29, 1.82) is 0 Å². The number of nitrogens with two attached hydrogens (primary N) is 1. The van der Waals surface area contributed by atoms with Gasteiger partial charge >= 0.3 is 0 Å². The molecule has 0 spiro atoms. The van der Waals surface area contributed by atoms with Crippen LogP contribution < -0.4 is 15.8 Å². The molecule has 1 aromatic carbocycles. The predicted molar refractivity (Wildman–Crippen MR) is 140 cm³/mol. The number of fused-ring (bicyclic) bond motifs is 1. The molecule has 1 aliphatic carbocycles. The minimum absolute atomic E-state index is 0.00864. The number of guanidine groups is 1. The van der Waals surface area contributed by atoms with Crippen molar-refractivity contribution < 1.29 is 19.1 Å². The fraction of sp³-hybridized carbons (Fsp3) is 0.679. The molecule has 2 heterocycles. The van der Waals surface area contributed by atoms with Gasteiger partial charge < -0.3 is 20.5 Å². The highest BCUT2D eigenvalue weighted by atomic mass is 16.5. The lowest BCUT2D eigenvalue weighted by molar-refractivity contribution is -0.133. The normalized spacial score (nSPS) is 27.8. The van der Waals surface area contributed by atoms with Crippen LogP contribution in [-0.4, -0.2) is 53.1 Å². The lowest BCUT2D eigenvalue weighted by Crippen LogP contribution is -2.56. The van der Waals surface area contributed by atoms with E-state index in [1.54, 1.807) is 12.0 Å². The van der Waals surface area contributed by atoms with Gasteiger partial charge in [0, 0.05) is 31.1 Å². The molecule has 1 saturated carbocycles. The van der Waals surface area contributed by atoms with Crippen molar-refractivity contribution in [3.8, 4) is 5.75 Å². The molecule has 0 radical (unpaired) electrons. The van der Waals surface area contributed by atoms with E-state index in [0.717, 1.165) is 24.2 Å². The molecule has 8 nitrogen and oxygen atoms in total. The Hall–Kier alpha value is -2.61. The topological polar surface area (TPSA) is 106 Å². The van der Waals surface area contributed by atoms with E-state index in [1.165, 1.54) is 0 Å². The maximum Gasteiger partial charge on any atom is 0.231 e. The summed E-state index contributed by atoms with van der Waals surface area (Å²) < 4.78 is 11.7. The van der Waals surface area contributed by atoms with E-state index in [9.17, 15) is 9.59 Å². The summed E-state index contributed by atoms with van der Waals surface area (Å²) in [5.74, 6) is 0.932. The maximum atomic E-state index is 13.5. The van der Waals surface area contributed by atoms with Crippen LogP contribution in [0.15, 0.2) is 29.3 Å². The van der Waals surface area contributed by atoms with Crippen LogP contribution in [0.4, 0.5) is 0 Å². The second-order valence-electron chi connectivity index (χ2n) is 11.4. The summed E-state index contributed by atoms with van der Waals surface area (Å²) in [5, 5.41) is 3.29. The van der Waals surface area contributed by atoms with Gasteiger partial charge in [0.1, 0.15) is 11.4 Å². The van der Waals surface area contributed by atoms with Crippen LogP contribution in [0.2, 0.25) is 0 Å². The monoisotopic (exact) mass is 498 g/mol. The van der Waals surface area contributed by atoms with Gasteiger partial charge in [-0.15, -0.1) is 0 Å². The zero-order valence-electron chi connectivity index (χ0n) is 22.5. The maximum absolute atomic E-state index is 13.5. The summed E-state index contributed by atoms with van der Waals surface area (Å²) in [6, 6.07) is 7.54. The van der Waals surface area contributed by atoms with Crippen molar-refractivity contribution in [3.63, 3.8) is 0 Å². The van der Waals surface area contributed by atoms with E-state index < -0.39 is 5.54 Å². The summed E-state index contributed by atoms with van der Waals surface area (Å²) >= 11 is 0. The van der Waals surface area contributed by atoms with E-state index in [4.69, 9.17) is 20.2 Å². The van der Waals surface area contributed by atoms with Crippen LogP contribution in [0, 0.1) is 11.8 Å². The molecule has 4 rings (SSSR count). The number of aliphatic imine (C=N–C) groups is 1. The van der Waals surface area contributed by atoms with Crippen molar-refractivity contribution in [1.82, 2.24) is 10.2 Å². The molecule has 198 valence electrons.